The molecule has 0 spiro atoms. The summed E-state index contributed by atoms with van der Waals surface area (Å²) in [6, 6.07) is 0. The van der Waals surface area contributed by atoms with Crippen molar-refractivity contribution in [2.75, 3.05) is 27.2 Å². The molecule has 0 fully saturated rings. The average Bonchev–Trinajstić information content (AvgIpc) is 2.00. The Morgan fingerprint density at radius 3 is 2.00 bits per heavy atom. The van der Waals surface area contributed by atoms with Crippen LogP contribution in [0.15, 0.2) is 0 Å². The predicted molar refractivity (Wildman–Crippen MR) is 57.2 cm³/mol. The van der Waals surface area contributed by atoms with Crippen LogP contribution in [0.2, 0.25) is 0 Å². The highest BCUT2D eigenvalue weighted by Crippen LogP contribution is 2.03. The van der Waals surface area contributed by atoms with Gasteiger partial charge >= 0.3 is 0 Å². The van der Waals surface area contributed by atoms with E-state index in [0.717, 1.165) is 0 Å². The number of rotatable bonds is 4. The monoisotopic (exact) mass is 216 g/mol. The second-order valence-electron chi connectivity index (χ2n) is 4.44. The Morgan fingerprint density at radius 2 is 1.67 bits per heavy atom. The van der Waals surface area contributed by atoms with E-state index in [9.17, 15) is 14.7 Å². The lowest BCUT2D eigenvalue weighted by atomic mass is 10.1. The molecule has 2 amide bonds. The number of nitrogens with zero attached hydrogens (tertiary/aromatic N) is 2. The quantitative estimate of drug-likeness (QED) is 0.701. The molecule has 1 N–H and O–H groups in total. The standard InChI is InChI=1S/C10H20N2O3/c1-8(13)11(4)6-9(14)12(5)7-10(2,3)15/h15H,6-7H2,1-5H3. The first-order chi connectivity index (χ1) is 6.63. The zero-order valence-electron chi connectivity index (χ0n) is 10.1. The van der Waals surface area contributed by atoms with Crippen LogP contribution >= 0.6 is 0 Å². The van der Waals surface area contributed by atoms with Crippen LogP contribution in [-0.2, 0) is 9.59 Å². The second-order valence-corrected chi connectivity index (χ2v) is 4.44. The van der Waals surface area contributed by atoms with Crippen LogP contribution in [0.3, 0.4) is 0 Å². The van der Waals surface area contributed by atoms with E-state index in [0.29, 0.717) is 0 Å². The fourth-order valence-corrected chi connectivity index (χ4v) is 1.10. The van der Waals surface area contributed by atoms with Gasteiger partial charge in [0.05, 0.1) is 12.1 Å². The summed E-state index contributed by atoms with van der Waals surface area (Å²) >= 11 is 0. The molecule has 0 radical (unpaired) electrons. The fourth-order valence-electron chi connectivity index (χ4n) is 1.10. The Hall–Kier alpha value is -1.10. The Kier molecular flexibility index (Phi) is 4.74. The largest absolute Gasteiger partial charge is 0.389 e. The van der Waals surface area contributed by atoms with Crippen LogP contribution in [0, 0.1) is 0 Å². The highest BCUT2D eigenvalue weighted by molar-refractivity contribution is 5.83. The molecule has 15 heavy (non-hydrogen) atoms. The molecule has 0 aromatic rings. The van der Waals surface area contributed by atoms with Gasteiger partial charge in [-0.2, -0.15) is 0 Å². The number of aliphatic hydroxyl groups is 1. The lowest BCUT2D eigenvalue weighted by Gasteiger charge is -2.27. The van der Waals surface area contributed by atoms with Crippen LogP contribution in [-0.4, -0.2) is 59.5 Å². The molecule has 0 saturated heterocycles. The summed E-state index contributed by atoms with van der Waals surface area (Å²) in [4.78, 5) is 25.2. The minimum absolute atomic E-state index is 0.0436. The Labute approximate surface area is 90.7 Å². The lowest BCUT2D eigenvalue weighted by Crippen LogP contribution is -2.44. The molecule has 0 saturated carbocycles. The molecular weight excluding hydrogens is 196 g/mol. The molecule has 88 valence electrons. The Morgan fingerprint density at radius 1 is 1.20 bits per heavy atom. The maximum Gasteiger partial charge on any atom is 0.242 e. The first-order valence-corrected chi connectivity index (χ1v) is 4.81. The zero-order chi connectivity index (χ0) is 12.2. The lowest BCUT2D eigenvalue weighted by molar-refractivity contribution is -0.139. The second kappa shape index (κ2) is 5.11. The maximum atomic E-state index is 11.6. The summed E-state index contributed by atoms with van der Waals surface area (Å²) in [5, 5.41) is 9.51. The first kappa shape index (κ1) is 13.9. The van der Waals surface area contributed by atoms with Gasteiger partial charge < -0.3 is 14.9 Å². The van der Waals surface area contributed by atoms with Gasteiger partial charge in [0.25, 0.3) is 0 Å². The van der Waals surface area contributed by atoms with Gasteiger partial charge in [0.2, 0.25) is 11.8 Å². The van der Waals surface area contributed by atoms with Crippen LogP contribution in [0.4, 0.5) is 0 Å². The molecule has 0 aliphatic carbocycles. The molecule has 5 heteroatoms. The SMILES string of the molecule is CC(=O)N(C)CC(=O)N(C)CC(C)(C)O. The van der Waals surface area contributed by atoms with E-state index in [1.54, 1.807) is 27.9 Å². The molecule has 0 heterocycles. The van der Waals surface area contributed by atoms with E-state index >= 15 is 0 Å². The minimum Gasteiger partial charge on any atom is -0.389 e. The molecule has 5 nitrogen and oxygen atoms in total. The molecule has 0 aliphatic rings. The van der Waals surface area contributed by atoms with E-state index in [1.807, 2.05) is 0 Å². The molecule has 0 rings (SSSR count). The number of carbonyl (C=O) groups excluding carboxylic acids is 2. The molecule has 0 aromatic carbocycles. The average molecular weight is 216 g/mol. The fraction of sp³-hybridized carbons (Fsp3) is 0.800. The van der Waals surface area contributed by atoms with Crippen molar-refractivity contribution in [3.63, 3.8) is 0 Å². The third-order valence-electron chi connectivity index (χ3n) is 1.96. The van der Waals surface area contributed by atoms with Crippen molar-refractivity contribution in [1.82, 2.24) is 9.80 Å². The van der Waals surface area contributed by atoms with Crippen molar-refractivity contribution in [3.8, 4) is 0 Å². The van der Waals surface area contributed by atoms with Crippen molar-refractivity contribution < 1.29 is 14.7 Å². The van der Waals surface area contributed by atoms with Crippen LogP contribution < -0.4 is 0 Å². The molecule has 0 unspecified atom stereocenters. The Balaban J connectivity index is 4.17. The summed E-state index contributed by atoms with van der Waals surface area (Å²) in [6.45, 7) is 4.96. The number of carbonyl (C=O) groups is 2. The van der Waals surface area contributed by atoms with Crippen LogP contribution in [0.25, 0.3) is 0 Å². The summed E-state index contributed by atoms with van der Waals surface area (Å²) in [7, 11) is 3.17. The first-order valence-electron chi connectivity index (χ1n) is 4.81. The van der Waals surface area contributed by atoms with Crippen molar-refractivity contribution >= 4 is 11.8 Å². The summed E-state index contributed by atoms with van der Waals surface area (Å²) in [6.07, 6.45) is 0. The third kappa shape index (κ3) is 6.06. The molecule has 0 aromatic heterocycles. The van der Waals surface area contributed by atoms with E-state index in [2.05, 4.69) is 0 Å². The number of hydrogen-bond donors (Lipinski definition) is 1. The number of hydrogen-bond acceptors (Lipinski definition) is 3. The van der Waals surface area contributed by atoms with Crippen LogP contribution in [0.5, 0.6) is 0 Å². The van der Waals surface area contributed by atoms with Gasteiger partial charge in [0, 0.05) is 27.6 Å². The van der Waals surface area contributed by atoms with Crippen molar-refractivity contribution in [3.05, 3.63) is 0 Å². The molecule has 0 aliphatic heterocycles. The van der Waals surface area contributed by atoms with E-state index < -0.39 is 5.60 Å². The smallest absolute Gasteiger partial charge is 0.242 e. The highest BCUT2D eigenvalue weighted by atomic mass is 16.3. The highest BCUT2D eigenvalue weighted by Gasteiger charge is 2.20. The third-order valence-corrected chi connectivity index (χ3v) is 1.96. The maximum absolute atomic E-state index is 11.6. The summed E-state index contributed by atoms with van der Waals surface area (Å²) < 4.78 is 0. The van der Waals surface area contributed by atoms with Gasteiger partial charge in [-0.15, -0.1) is 0 Å². The number of likely N-dealkylation sites (N-methyl/N-ethyl adjacent to an activating group) is 2. The van der Waals surface area contributed by atoms with Gasteiger partial charge in [-0.05, 0) is 13.8 Å². The molecular formula is C10H20N2O3. The molecule has 0 atom stereocenters. The summed E-state index contributed by atoms with van der Waals surface area (Å²) in [5.41, 5.74) is -0.917. The van der Waals surface area contributed by atoms with E-state index in [-0.39, 0.29) is 24.9 Å². The van der Waals surface area contributed by atoms with Crippen LogP contribution in [0.1, 0.15) is 20.8 Å². The zero-order valence-corrected chi connectivity index (χ0v) is 10.1. The van der Waals surface area contributed by atoms with Gasteiger partial charge in [-0.25, -0.2) is 0 Å². The van der Waals surface area contributed by atoms with Gasteiger partial charge in [-0.1, -0.05) is 0 Å². The number of amides is 2. The van der Waals surface area contributed by atoms with E-state index in [1.165, 1.54) is 16.7 Å². The topological polar surface area (TPSA) is 60.9 Å². The summed E-state index contributed by atoms with van der Waals surface area (Å²) in [5.74, 6) is -0.338. The predicted octanol–water partition coefficient (Wildman–Crippen LogP) is -0.306. The normalized spacial score (nSPS) is 11.1. The van der Waals surface area contributed by atoms with Crippen molar-refractivity contribution in [2.24, 2.45) is 0 Å². The minimum atomic E-state index is -0.917. The van der Waals surface area contributed by atoms with Crippen molar-refractivity contribution in [1.29, 1.82) is 0 Å². The van der Waals surface area contributed by atoms with Crippen molar-refractivity contribution in [2.45, 2.75) is 26.4 Å². The van der Waals surface area contributed by atoms with Gasteiger partial charge in [0.1, 0.15) is 0 Å². The van der Waals surface area contributed by atoms with Gasteiger partial charge in [-0.3, -0.25) is 9.59 Å². The van der Waals surface area contributed by atoms with E-state index in [4.69, 9.17) is 0 Å². The molecule has 0 bridgehead atoms. The van der Waals surface area contributed by atoms with Gasteiger partial charge in [0.15, 0.2) is 0 Å². The Bertz CT molecular complexity index is 246.